The summed E-state index contributed by atoms with van der Waals surface area (Å²) in [4.78, 5) is 69.0. The number of carbonyl (C=O) groups is 5. The maximum Gasteiger partial charge on any atom is 0.491 e. The zero-order chi connectivity index (χ0) is 37.0. The molecule has 3 amide bonds. The summed E-state index contributed by atoms with van der Waals surface area (Å²) in [5, 5.41) is 0.631. The zero-order valence-corrected chi connectivity index (χ0v) is 29.7. The van der Waals surface area contributed by atoms with Crippen molar-refractivity contribution in [3.8, 4) is 5.75 Å². The molecule has 51 heavy (non-hydrogen) atoms. The molecule has 0 aromatic heterocycles. The third-order valence-electron chi connectivity index (χ3n) is 9.69. The highest BCUT2D eigenvalue weighted by Crippen LogP contribution is 2.34. The normalized spacial score (nSPS) is 19.5. The molecule has 0 radical (unpaired) electrons. The highest BCUT2D eigenvalue weighted by molar-refractivity contribution is 6.34. The summed E-state index contributed by atoms with van der Waals surface area (Å²) in [6.07, 6.45) is -3.33. The monoisotopic (exact) mass is 754 g/mol. The summed E-state index contributed by atoms with van der Waals surface area (Å²) in [6.45, 7) is 7.61. The molecule has 2 unspecified atom stereocenters. The highest BCUT2D eigenvalue weighted by Gasteiger charge is 2.43. The van der Waals surface area contributed by atoms with Crippen LogP contribution in [0.2, 0.25) is 10.0 Å². The molecule has 3 aliphatic heterocycles. The van der Waals surface area contributed by atoms with E-state index >= 15 is 0 Å². The van der Waals surface area contributed by atoms with Gasteiger partial charge in [-0.05, 0) is 80.5 Å². The molecule has 3 saturated heterocycles. The molecule has 0 aliphatic carbocycles. The lowest BCUT2D eigenvalue weighted by Crippen LogP contribution is -2.44. The highest BCUT2D eigenvalue weighted by atomic mass is 35.5. The number of esters is 2. The van der Waals surface area contributed by atoms with Gasteiger partial charge < -0.3 is 29.1 Å². The van der Waals surface area contributed by atoms with Gasteiger partial charge in [0.25, 0.3) is 5.91 Å². The van der Waals surface area contributed by atoms with E-state index in [2.05, 4.69) is 9.64 Å². The number of rotatable bonds is 10. The van der Waals surface area contributed by atoms with Crippen LogP contribution < -0.4 is 9.64 Å². The van der Waals surface area contributed by atoms with Gasteiger partial charge in [0.2, 0.25) is 11.8 Å². The third-order valence-corrected chi connectivity index (χ3v) is 10.4. The van der Waals surface area contributed by atoms with Gasteiger partial charge in [-0.3, -0.25) is 14.4 Å². The number of alkyl halides is 3. The Labute approximate surface area is 303 Å². The molecule has 0 spiro atoms. The van der Waals surface area contributed by atoms with Crippen molar-refractivity contribution in [3.05, 3.63) is 57.6 Å². The predicted octanol–water partition coefficient (Wildman–Crippen LogP) is 5.00. The molecule has 0 bridgehead atoms. The molecule has 276 valence electrons. The summed E-state index contributed by atoms with van der Waals surface area (Å²) in [6, 6.07) is 9.69. The lowest BCUT2D eigenvalue weighted by atomic mass is 9.94. The number of ether oxygens (including phenoxy) is 2. The number of piperidine rings is 1. The predicted molar refractivity (Wildman–Crippen MR) is 182 cm³/mol. The second-order valence-corrected chi connectivity index (χ2v) is 14.1. The molecule has 16 heteroatoms. The molecule has 11 nitrogen and oxygen atoms in total. The molecule has 3 aliphatic rings. The van der Waals surface area contributed by atoms with Crippen molar-refractivity contribution < 1.29 is 46.6 Å². The maximum atomic E-state index is 13.8. The fourth-order valence-corrected chi connectivity index (χ4v) is 7.36. The van der Waals surface area contributed by atoms with Crippen LogP contribution in [0.4, 0.5) is 18.9 Å². The second kappa shape index (κ2) is 16.2. The first kappa shape index (κ1) is 38.4. The summed E-state index contributed by atoms with van der Waals surface area (Å²) in [7, 11) is 0. The van der Waals surface area contributed by atoms with E-state index in [1.165, 1.54) is 18.2 Å². The van der Waals surface area contributed by atoms with Gasteiger partial charge in [-0.15, -0.1) is 0 Å². The lowest BCUT2D eigenvalue weighted by molar-refractivity contribution is -0.202. The fraction of sp³-hybridized carbons (Fsp3) is 0.514. The van der Waals surface area contributed by atoms with Gasteiger partial charge in [0.05, 0.1) is 10.6 Å². The third kappa shape index (κ3) is 9.52. The number of aryl methyl sites for hydroxylation is 1. The Morgan fingerprint density at radius 3 is 2.16 bits per heavy atom. The van der Waals surface area contributed by atoms with E-state index in [4.69, 9.17) is 27.9 Å². The average Bonchev–Trinajstić information content (AvgIpc) is 3.65. The van der Waals surface area contributed by atoms with Crippen LogP contribution >= 0.6 is 23.2 Å². The van der Waals surface area contributed by atoms with Crippen LogP contribution in [-0.4, -0.2) is 110 Å². The molecular weight excluding hydrogens is 716 g/mol. The number of carbonyl (C=O) groups excluding carboxylic acids is 5. The van der Waals surface area contributed by atoms with Crippen LogP contribution in [0.5, 0.6) is 5.75 Å². The number of nitrogens with zero attached hydrogens (tertiary/aromatic N) is 4. The number of likely N-dealkylation sites (tertiary alicyclic amines) is 3. The molecular formula is C35H39Cl2F3N4O7. The van der Waals surface area contributed by atoms with Gasteiger partial charge in [0.1, 0.15) is 5.75 Å². The Bertz CT molecular complexity index is 1650. The Kier molecular flexibility index (Phi) is 12.2. The Morgan fingerprint density at radius 1 is 0.902 bits per heavy atom. The van der Waals surface area contributed by atoms with Crippen LogP contribution in [0.3, 0.4) is 0 Å². The van der Waals surface area contributed by atoms with Crippen LogP contribution in [0, 0.1) is 24.7 Å². The van der Waals surface area contributed by atoms with E-state index in [9.17, 15) is 37.1 Å². The van der Waals surface area contributed by atoms with Crippen LogP contribution in [0.1, 0.15) is 42.1 Å². The van der Waals surface area contributed by atoms with Crippen LogP contribution in [-0.2, 0) is 23.9 Å². The molecule has 2 atom stereocenters. The molecule has 3 fully saturated rings. The minimum absolute atomic E-state index is 0.00556. The Morgan fingerprint density at radius 2 is 1.57 bits per heavy atom. The first-order chi connectivity index (χ1) is 24.1. The summed E-state index contributed by atoms with van der Waals surface area (Å²) in [5.74, 6) is -4.02. The summed E-state index contributed by atoms with van der Waals surface area (Å²) in [5.41, 5.74) is 1.90. The van der Waals surface area contributed by atoms with E-state index in [0.717, 1.165) is 37.3 Å². The molecule has 0 saturated carbocycles. The number of anilines is 1. The minimum Gasteiger partial charge on any atom is -0.482 e. The first-order valence-electron chi connectivity index (χ1n) is 16.7. The quantitative estimate of drug-likeness (QED) is 0.246. The van der Waals surface area contributed by atoms with E-state index in [1.54, 1.807) is 16.7 Å². The molecule has 0 N–H and O–H groups in total. The topological polar surface area (TPSA) is 117 Å². The van der Waals surface area contributed by atoms with Crippen molar-refractivity contribution in [1.82, 2.24) is 14.7 Å². The first-order valence-corrected chi connectivity index (χ1v) is 17.4. The molecule has 3 heterocycles. The van der Waals surface area contributed by atoms with Gasteiger partial charge in [-0.25, -0.2) is 9.59 Å². The standard InChI is InChI=1S/C35H39Cl2F3N4O7/c1-21-4-5-26(14-29(21)36)44(32(47)23-8-12-42(13-9-23)22(2)45)11-3-10-41-16-24-18-43(19-25(24)17-41)33(48)28-7-6-27(15-30(28)37)50-20-31(46)51-34(49)35(38,39)40/h4-7,14-15,23-25H,3,8-13,16-20H2,1-2H3. The fourth-order valence-electron chi connectivity index (χ4n) is 6.93. The van der Waals surface area contributed by atoms with Gasteiger partial charge >= 0.3 is 18.1 Å². The number of fused-ring (bicyclic) bond motifs is 1. The lowest BCUT2D eigenvalue weighted by Gasteiger charge is -2.34. The summed E-state index contributed by atoms with van der Waals surface area (Å²) < 4.78 is 45.6. The van der Waals surface area contributed by atoms with Crippen LogP contribution in [0.25, 0.3) is 0 Å². The number of amides is 3. The van der Waals surface area contributed by atoms with Crippen molar-refractivity contribution in [2.24, 2.45) is 17.8 Å². The molecule has 2 aromatic rings. The van der Waals surface area contributed by atoms with Crippen LogP contribution in [0.15, 0.2) is 36.4 Å². The molecule has 2 aromatic carbocycles. The van der Waals surface area contributed by atoms with Crippen molar-refractivity contribution in [3.63, 3.8) is 0 Å². The second-order valence-electron chi connectivity index (χ2n) is 13.2. The molecule has 5 rings (SSSR count). The number of hydrogen-bond donors (Lipinski definition) is 0. The number of halogens is 5. The summed E-state index contributed by atoms with van der Waals surface area (Å²) >= 11 is 12.8. The van der Waals surface area contributed by atoms with Gasteiger partial charge in [0, 0.05) is 69.4 Å². The van der Waals surface area contributed by atoms with Crippen molar-refractivity contribution in [2.75, 3.05) is 63.9 Å². The zero-order valence-electron chi connectivity index (χ0n) is 28.2. The SMILES string of the molecule is CC(=O)N1CCC(C(=O)N(CCCN2CC3CN(C(=O)c4ccc(OCC(=O)OC(=O)C(F)(F)F)cc4Cl)CC3C2)c2ccc(C)c(Cl)c2)CC1. The minimum atomic E-state index is -5.31. The van der Waals surface area contributed by atoms with Crippen molar-refractivity contribution >= 4 is 58.5 Å². The maximum absolute atomic E-state index is 13.8. The van der Waals surface area contributed by atoms with Gasteiger partial charge in [0.15, 0.2) is 6.61 Å². The number of hydrogen-bond acceptors (Lipinski definition) is 8. The Hall–Kier alpha value is -3.88. The Balaban J connectivity index is 1.11. The van der Waals surface area contributed by atoms with Gasteiger partial charge in [-0.2, -0.15) is 13.2 Å². The van der Waals surface area contributed by atoms with E-state index in [0.29, 0.717) is 50.6 Å². The van der Waals surface area contributed by atoms with Crippen molar-refractivity contribution in [1.29, 1.82) is 0 Å². The average molecular weight is 756 g/mol. The van der Waals surface area contributed by atoms with E-state index in [-0.39, 0.29) is 51.8 Å². The largest absolute Gasteiger partial charge is 0.491 e. The van der Waals surface area contributed by atoms with Gasteiger partial charge in [-0.1, -0.05) is 29.3 Å². The van der Waals surface area contributed by atoms with Crippen molar-refractivity contribution in [2.45, 2.75) is 39.3 Å². The number of benzene rings is 2. The van der Waals surface area contributed by atoms with E-state index < -0.39 is 24.7 Å². The van der Waals surface area contributed by atoms with E-state index in [1.807, 2.05) is 30.0 Å². The smallest absolute Gasteiger partial charge is 0.482 e.